The van der Waals surface area contributed by atoms with E-state index in [-0.39, 0.29) is 5.97 Å². The monoisotopic (exact) mass is 586 g/mol. The van der Waals surface area contributed by atoms with Crippen molar-refractivity contribution in [1.29, 1.82) is 0 Å². The molecule has 0 aromatic heterocycles. The molecule has 2 aliphatic rings. The van der Waals surface area contributed by atoms with Crippen LogP contribution in [0.3, 0.4) is 0 Å². The van der Waals surface area contributed by atoms with Crippen molar-refractivity contribution in [3.8, 4) is 11.5 Å². The molecule has 43 heavy (non-hydrogen) atoms. The number of phenols is 2. The van der Waals surface area contributed by atoms with Gasteiger partial charge in [0.15, 0.2) is 0 Å². The Morgan fingerprint density at radius 3 is 1.95 bits per heavy atom. The van der Waals surface area contributed by atoms with Crippen LogP contribution in [0.15, 0.2) is 66.7 Å². The topological polar surface area (TPSA) is 66.8 Å². The molecular weight excluding hydrogens is 532 g/mol. The molecule has 0 bridgehead atoms. The van der Waals surface area contributed by atoms with Gasteiger partial charge < -0.3 is 14.9 Å². The maximum Gasteiger partial charge on any atom is 0.312 e. The lowest BCUT2D eigenvalue weighted by molar-refractivity contribution is -0.172. The van der Waals surface area contributed by atoms with Gasteiger partial charge in [-0.3, -0.25) is 4.79 Å². The minimum absolute atomic E-state index is 0.0824. The van der Waals surface area contributed by atoms with Gasteiger partial charge in [-0.15, -0.1) is 0 Å². The summed E-state index contributed by atoms with van der Waals surface area (Å²) in [5.41, 5.74) is 5.78. The number of fused-ring (bicyclic) bond motifs is 2. The second kappa shape index (κ2) is 14.5. The second-order valence-corrected chi connectivity index (χ2v) is 13.8. The average molecular weight is 587 g/mol. The Kier molecular flexibility index (Phi) is 11.5. The number of carbonyl (C=O) groups excluding carboxylic acids is 1. The Morgan fingerprint density at radius 1 is 0.860 bits per heavy atom. The third-order valence-corrected chi connectivity index (χ3v) is 9.96. The van der Waals surface area contributed by atoms with Crippen molar-refractivity contribution in [2.24, 2.45) is 17.3 Å². The third-order valence-electron chi connectivity index (χ3n) is 9.96. The molecule has 5 rings (SSSR count). The highest BCUT2D eigenvalue weighted by Gasteiger charge is 2.40. The summed E-state index contributed by atoms with van der Waals surface area (Å²) in [6.07, 6.45) is 4.98. The Balaban J connectivity index is 0.000000189. The van der Waals surface area contributed by atoms with Crippen molar-refractivity contribution >= 4 is 5.97 Å². The first kappa shape index (κ1) is 34.2. The molecule has 3 aromatic rings. The molecule has 0 fully saturated rings. The Bertz CT molecular complexity index is 1310. The fourth-order valence-electron chi connectivity index (χ4n) is 5.74. The first-order valence-electron chi connectivity index (χ1n) is 16.1. The largest absolute Gasteiger partial charge is 0.508 e. The number of rotatable bonds is 6. The molecule has 0 aliphatic heterocycles. The van der Waals surface area contributed by atoms with Crippen LogP contribution < -0.4 is 0 Å². The van der Waals surface area contributed by atoms with Gasteiger partial charge in [0.1, 0.15) is 17.1 Å². The number of phenolic OH excluding ortho intramolecular Hbond substituents is 2. The SMILES string of the molecule is CC1Cc2c(O)cccc2C1C.CCC(C)(C)C(=O)OC(C)(C)C1Cc2ccccc2C1.CCC(C)c1ccc(O)cc1. The van der Waals surface area contributed by atoms with Crippen LogP contribution in [0.2, 0.25) is 0 Å². The van der Waals surface area contributed by atoms with Crippen LogP contribution in [0, 0.1) is 17.3 Å². The van der Waals surface area contributed by atoms with Crippen LogP contribution in [-0.2, 0) is 28.8 Å². The summed E-state index contributed by atoms with van der Waals surface area (Å²) in [6, 6.07) is 21.8. The third kappa shape index (κ3) is 8.65. The van der Waals surface area contributed by atoms with Crippen LogP contribution in [-0.4, -0.2) is 21.8 Å². The zero-order valence-electron chi connectivity index (χ0n) is 27.9. The first-order chi connectivity index (χ1) is 20.2. The smallest absolute Gasteiger partial charge is 0.312 e. The number of hydrogen-bond donors (Lipinski definition) is 2. The molecular formula is C39H54O4. The lowest BCUT2D eigenvalue weighted by Gasteiger charge is -2.34. The van der Waals surface area contributed by atoms with E-state index in [9.17, 15) is 9.90 Å². The Hall–Kier alpha value is -3.27. The molecule has 4 heteroatoms. The van der Waals surface area contributed by atoms with Gasteiger partial charge in [0.2, 0.25) is 0 Å². The number of esters is 1. The van der Waals surface area contributed by atoms with Crippen molar-refractivity contribution in [3.63, 3.8) is 0 Å². The molecule has 234 valence electrons. The number of ether oxygens (including phenoxy) is 1. The molecule has 0 saturated carbocycles. The zero-order chi connectivity index (χ0) is 31.9. The quantitative estimate of drug-likeness (QED) is 0.282. The van der Waals surface area contributed by atoms with Crippen LogP contribution in [0.4, 0.5) is 0 Å². The summed E-state index contributed by atoms with van der Waals surface area (Å²) in [6.45, 7) is 18.9. The van der Waals surface area contributed by atoms with Crippen molar-refractivity contribution < 1.29 is 19.7 Å². The van der Waals surface area contributed by atoms with Gasteiger partial charge in [-0.2, -0.15) is 0 Å². The zero-order valence-corrected chi connectivity index (χ0v) is 27.9. The molecule has 0 spiro atoms. The fraction of sp³-hybridized carbons (Fsp3) is 0.513. The number of aromatic hydroxyl groups is 2. The van der Waals surface area contributed by atoms with E-state index in [4.69, 9.17) is 9.84 Å². The van der Waals surface area contributed by atoms with Gasteiger partial charge in [0.05, 0.1) is 5.41 Å². The molecule has 2 N–H and O–H groups in total. The van der Waals surface area contributed by atoms with E-state index in [1.54, 1.807) is 18.2 Å². The van der Waals surface area contributed by atoms with Gasteiger partial charge in [0.25, 0.3) is 0 Å². The number of carbonyl (C=O) groups is 1. The highest BCUT2D eigenvalue weighted by molar-refractivity contribution is 5.76. The van der Waals surface area contributed by atoms with Gasteiger partial charge in [-0.05, 0) is 124 Å². The summed E-state index contributed by atoms with van der Waals surface area (Å²) in [7, 11) is 0. The highest BCUT2D eigenvalue weighted by Crippen LogP contribution is 2.41. The highest BCUT2D eigenvalue weighted by atomic mass is 16.6. The van der Waals surface area contributed by atoms with E-state index in [1.165, 1.54) is 22.3 Å². The molecule has 4 nitrogen and oxygen atoms in total. The predicted molar refractivity (Wildman–Crippen MR) is 178 cm³/mol. The van der Waals surface area contributed by atoms with E-state index >= 15 is 0 Å². The minimum atomic E-state index is -0.414. The molecule has 3 aromatic carbocycles. The number of hydrogen-bond acceptors (Lipinski definition) is 4. The van der Waals surface area contributed by atoms with Crippen molar-refractivity contribution in [1.82, 2.24) is 0 Å². The summed E-state index contributed by atoms with van der Waals surface area (Å²) >= 11 is 0. The van der Waals surface area contributed by atoms with E-state index in [0.29, 0.717) is 35.2 Å². The van der Waals surface area contributed by atoms with Gasteiger partial charge in [-0.25, -0.2) is 0 Å². The van der Waals surface area contributed by atoms with E-state index in [2.05, 4.69) is 58.0 Å². The molecule has 3 atom stereocenters. The molecule has 2 aliphatic carbocycles. The number of benzene rings is 3. The minimum Gasteiger partial charge on any atom is -0.508 e. The fourth-order valence-corrected chi connectivity index (χ4v) is 5.74. The Morgan fingerprint density at radius 2 is 1.44 bits per heavy atom. The first-order valence-corrected chi connectivity index (χ1v) is 16.1. The van der Waals surface area contributed by atoms with E-state index in [1.807, 2.05) is 52.8 Å². The van der Waals surface area contributed by atoms with E-state index in [0.717, 1.165) is 37.7 Å². The van der Waals surface area contributed by atoms with E-state index < -0.39 is 11.0 Å². The van der Waals surface area contributed by atoms with Gasteiger partial charge in [0, 0.05) is 5.92 Å². The van der Waals surface area contributed by atoms with Crippen molar-refractivity contribution in [2.45, 2.75) is 112 Å². The molecule has 0 heterocycles. The lowest BCUT2D eigenvalue weighted by atomic mass is 9.86. The second-order valence-electron chi connectivity index (χ2n) is 13.8. The standard InChI is InChI=1S/C18H26O2.C11H14O.C10H14O/c1-6-17(2,3)16(19)20-18(4,5)15-11-13-9-7-8-10-14(13)12-15;1-7-6-10-9(8(7)2)4-3-5-11(10)12;1-3-8(2)9-4-6-10(11)7-5-9/h7-10,15H,6,11-12H2,1-5H3;3-5,7-8,12H,6H2,1-2H3;4-8,11H,3H2,1-2H3. The normalized spacial score (nSPS) is 18.3. The van der Waals surface area contributed by atoms with Crippen molar-refractivity contribution in [3.05, 3.63) is 94.5 Å². The van der Waals surface area contributed by atoms with Gasteiger partial charge >= 0.3 is 5.97 Å². The van der Waals surface area contributed by atoms with Crippen molar-refractivity contribution in [2.75, 3.05) is 0 Å². The molecule has 0 saturated heterocycles. The molecule has 0 amide bonds. The molecule has 3 unspecified atom stereocenters. The summed E-state index contributed by atoms with van der Waals surface area (Å²) < 4.78 is 5.87. The van der Waals surface area contributed by atoms with Crippen LogP contribution in [0.1, 0.15) is 115 Å². The van der Waals surface area contributed by atoms with Crippen LogP contribution in [0.5, 0.6) is 11.5 Å². The Labute approximate surface area is 260 Å². The van der Waals surface area contributed by atoms with Crippen LogP contribution >= 0.6 is 0 Å². The lowest BCUT2D eigenvalue weighted by Crippen LogP contribution is -2.41. The maximum atomic E-state index is 12.3. The van der Waals surface area contributed by atoms with Crippen LogP contribution in [0.25, 0.3) is 0 Å². The average Bonchev–Trinajstić information content (AvgIpc) is 3.56. The maximum absolute atomic E-state index is 12.3. The molecule has 0 radical (unpaired) electrons. The summed E-state index contributed by atoms with van der Waals surface area (Å²) in [5.74, 6) is 2.98. The summed E-state index contributed by atoms with van der Waals surface area (Å²) in [4.78, 5) is 12.3. The van der Waals surface area contributed by atoms with Gasteiger partial charge in [-0.1, -0.05) is 83.1 Å². The summed E-state index contributed by atoms with van der Waals surface area (Å²) in [5, 5.41) is 18.6. The predicted octanol–water partition coefficient (Wildman–Crippen LogP) is 9.75.